The van der Waals surface area contributed by atoms with Gasteiger partial charge < -0.3 is 4.74 Å². The van der Waals surface area contributed by atoms with Crippen molar-refractivity contribution in [2.24, 2.45) is 4.99 Å². The molecule has 2 N–H and O–H groups in total. The van der Waals surface area contributed by atoms with Crippen molar-refractivity contribution in [1.29, 1.82) is 0 Å². The third-order valence-corrected chi connectivity index (χ3v) is 6.00. The van der Waals surface area contributed by atoms with Crippen molar-refractivity contribution in [3.8, 4) is 11.1 Å². The van der Waals surface area contributed by atoms with Crippen LogP contribution in [0.1, 0.15) is 23.7 Å². The van der Waals surface area contributed by atoms with Crippen LogP contribution >= 0.6 is 11.6 Å². The van der Waals surface area contributed by atoms with Gasteiger partial charge in [0.25, 0.3) is 5.56 Å². The molecule has 7 nitrogen and oxygen atoms in total. The summed E-state index contributed by atoms with van der Waals surface area (Å²) < 4.78 is 19.7. The molecule has 0 unspecified atom stereocenters. The third kappa shape index (κ3) is 4.65. The van der Waals surface area contributed by atoms with E-state index in [0.29, 0.717) is 57.0 Å². The van der Waals surface area contributed by atoms with Crippen LogP contribution in [0.5, 0.6) is 0 Å². The Morgan fingerprint density at radius 1 is 1.14 bits per heavy atom. The highest BCUT2D eigenvalue weighted by atomic mass is 35.5. The van der Waals surface area contributed by atoms with E-state index >= 15 is 0 Å². The molecule has 35 heavy (non-hydrogen) atoms. The first-order valence-electron chi connectivity index (χ1n) is 11.0. The zero-order chi connectivity index (χ0) is 24.5. The first-order chi connectivity index (χ1) is 16.9. The van der Waals surface area contributed by atoms with Crippen LogP contribution in [0.3, 0.4) is 0 Å². The van der Waals surface area contributed by atoms with Crippen LogP contribution in [0.4, 0.5) is 14.9 Å². The minimum absolute atomic E-state index is 0.267. The number of aromatic nitrogens is 2. The summed E-state index contributed by atoms with van der Waals surface area (Å²) in [5.74, 6) is 0.113. The maximum Gasteiger partial charge on any atom is 0.412 e. The quantitative estimate of drug-likeness (QED) is 0.405. The maximum atomic E-state index is 14.8. The Labute approximate surface area is 204 Å². The Morgan fingerprint density at radius 3 is 2.83 bits per heavy atom. The summed E-state index contributed by atoms with van der Waals surface area (Å²) in [6, 6.07) is 15.4. The van der Waals surface area contributed by atoms with Crippen LogP contribution in [0.25, 0.3) is 21.9 Å². The molecule has 0 radical (unpaired) electrons. The molecule has 0 spiro atoms. The molecule has 0 atom stereocenters. The van der Waals surface area contributed by atoms with Gasteiger partial charge in [-0.25, -0.2) is 19.3 Å². The zero-order valence-corrected chi connectivity index (χ0v) is 19.4. The minimum atomic E-state index is -0.553. The predicted octanol–water partition coefficient (Wildman–Crippen LogP) is 5.31. The fourth-order valence-corrected chi connectivity index (χ4v) is 4.30. The third-order valence-electron chi connectivity index (χ3n) is 5.76. The molecule has 1 aliphatic rings. The number of nitrogens with zero attached hydrogens (tertiary/aromatic N) is 2. The number of aliphatic imine (C=N–C) groups is 1. The first-order valence-corrected chi connectivity index (χ1v) is 11.4. The topological polar surface area (TPSA) is 96.4 Å². The minimum Gasteiger partial charge on any atom is -0.450 e. The maximum absolute atomic E-state index is 14.8. The van der Waals surface area contributed by atoms with Crippen molar-refractivity contribution in [1.82, 2.24) is 15.5 Å². The van der Waals surface area contributed by atoms with Gasteiger partial charge in [0.2, 0.25) is 0 Å². The Kier molecular flexibility index (Phi) is 6.05. The average molecular weight is 491 g/mol. The molecular weight excluding hydrogens is 471 g/mol. The lowest BCUT2D eigenvalue weighted by molar-refractivity contribution is 0.157. The van der Waals surface area contributed by atoms with E-state index in [1.807, 2.05) is 12.1 Å². The van der Waals surface area contributed by atoms with Gasteiger partial charge in [-0.15, -0.1) is 0 Å². The first kappa shape index (κ1) is 22.7. The molecule has 0 saturated heterocycles. The van der Waals surface area contributed by atoms with Gasteiger partial charge >= 0.3 is 6.09 Å². The van der Waals surface area contributed by atoms with Gasteiger partial charge in [-0.2, -0.15) is 5.10 Å². The Hall–Kier alpha value is -4.04. The SMILES string of the molecule is CCOC(=O)NC1=Nc2cc(-c3cc(Cc4n[nH]c(=O)c5ccc(Cl)cc45)ccc3F)ccc2C1. The number of amides is 1. The number of carbonyl (C=O) groups is 1. The molecule has 9 heteroatoms. The van der Waals surface area contributed by atoms with E-state index in [0.717, 1.165) is 11.1 Å². The molecule has 0 fully saturated rings. The number of H-pyrrole nitrogens is 1. The van der Waals surface area contributed by atoms with Crippen molar-refractivity contribution in [2.45, 2.75) is 19.8 Å². The Balaban J connectivity index is 1.46. The van der Waals surface area contributed by atoms with Gasteiger partial charge in [-0.1, -0.05) is 29.8 Å². The molecule has 0 aliphatic carbocycles. The van der Waals surface area contributed by atoms with E-state index in [4.69, 9.17) is 16.3 Å². The number of ether oxygens (including phenoxy) is 1. The highest BCUT2D eigenvalue weighted by Gasteiger charge is 2.19. The number of alkyl carbamates (subject to hydrolysis) is 1. The van der Waals surface area contributed by atoms with Crippen LogP contribution in [-0.2, 0) is 17.6 Å². The number of halogens is 2. The number of nitrogens with one attached hydrogen (secondary N) is 2. The molecular formula is C26H20ClFN4O3. The summed E-state index contributed by atoms with van der Waals surface area (Å²) in [5.41, 5.74) is 3.82. The summed E-state index contributed by atoms with van der Waals surface area (Å²) in [6.07, 6.45) is 0.282. The number of benzene rings is 3. The summed E-state index contributed by atoms with van der Waals surface area (Å²) in [5, 5.41) is 11.0. The average Bonchev–Trinajstić information content (AvgIpc) is 3.23. The number of amidine groups is 1. The van der Waals surface area contributed by atoms with Crippen molar-refractivity contribution >= 4 is 40.0 Å². The van der Waals surface area contributed by atoms with Crippen LogP contribution in [0.2, 0.25) is 5.02 Å². The second-order valence-corrected chi connectivity index (χ2v) is 8.54. The smallest absolute Gasteiger partial charge is 0.412 e. The summed E-state index contributed by atoms with van der Waals surface area (Å²) in [4.78, 5) is 28.3. The molecule has 3 aromatic carbocycles. The van der Waals surface area contributed by atoms with E-state index < -0.39 is 6.09 Å². The molecule has 0 saturated carbocycles. The summed E-state index contributed by atoms with van der Waals surface area (Å²) in [6.45, 7) is 1.99. The monoisotopic (exact) mass is 490 g/mol. The number of carbonyl (C=O) groups excluding carboxylic acids is 1. The number of hydrogen-bond donors (Lipinski definition) is 2. The second kappa shape index (κ2) is 9.31. The van der Waals surface area contributed by atoms with E-state index in [1.165, 1.54) is 6.07 Å². The molecule has 1 aliphatic heterocycles. The highest BCUT2D eigenvalue weighted by Crippen LogP contribution is 2.33. The van der Waals surface area contributed by atoms with Gasteiger partial charge in [0.05, 0.1) is 23.4 Å². The largest absolute Gasteiger partial charge is 0.450 e. The van der Waals surface area contributed by atoms with Crippen LogP contribution < -0.4 is 10.9 Å². The van der Waals surface area contributed by atoms with E-state index in [-0.39, 0.29) is 18.0 Å². The molecule has 1 aromatic heterocycles. The molecule has 176 valence electrons. The number of rotatable bonds is 4. The second-order valence-electron chi connectivity index (χ2n) is 8.10. The van der Waals surface area contributed by atoms with Crippen molar-refractivity contribution < 1.29 is 13.9 Å². The highest BCUT2D eigenvalue weighted by molar-refractivity contribution is 6.31. The van der Waals surface area contributed by atoms with E-state index in [1.54, 1.807) is 43.3 Å². The fourth-order valence-electron chi connectivity index (χ4n) is 4.13. The van der Waals surface area contributed by atoms with Crippen LogP contribution in [-0.4, -0.2) is 28.7 Å². The van der Waals surface area contributed by atoms with Gasteiger partial charge in [-0.05, 0) is 60.0 Å². The standard InChI is InChI=1S/C26H20ClFN4O3/c1-2-35-26(34)30-24-12-16-5-4-15(11-22(16)29-24)19-9-14(3-8-21(19)28)10-23-20-13-17(27)6-7-18(20)25(33)32-31-23/h3-9,11,13H,2,10,12H2,1H3,(H,32,33)(H,29,30,34). The predicted molar refractivity (Wildman–Crippen MR) is 133 cm³/mol. The van der Waals surface area contributed by atoms with Crippen molar-refractivity contribution in [2.75, 3.05) is 6.61 Å². The molecule has 1 amide bonds. The van der Waals surface area contributed by atoms with E-state index in [9.17, 15) is 14.0 Å². The number of hydrogen-bond acceptors (Lipinski definition) is 5. The van der Waals surface area contributed by atoms with Crippen LogP contribution in [0, 0.1) is 5.82 Å². The summed E-state index contributed by atoms with van der Waals surface area (Å²) >= 11 is 6.14. The normalized spacial score (nSPS) is 12.4. The fraction of sp³-hybridized carbons (Fsp3) is 0.154. The van der Waals surface area contributed by atoms with Gasteiger partial charge in [-0.3, -0.25) is 10.1 Å². The number of aromatic amines is 1. The van der Waals surface area contributed by atoms with Crippen molar-refractivity contribution in [3.63, 3.8) is 0 Å². The Morgan fingerprint density at radius 2 is 2.00 bits per heavy atom. The molecule has 0 bridgehead atoms. The van der Waals surface area contributed by atoms with Gasteiger partial charge in [0, 0.05) is 28.8 Å². The van der Waals surface area contributed by atoms with Crippen molar-refractivity contribution in [3.05, 3.63) is 92.6 Å². The molecule has 4 aromatic rings. The van der Waals surface area contributed by atoms with Gasteiger partial charge in [0.1, 0.15) is 11.7 Å². The molecule has 5 rings (SSSR count). The molecule has 2 heterocycles. The lowest BCUT2D eigenvalue weighted by Crippen LogP contribution is -2.30. The van der Waals surface area contributed by atoms with Crippen LogP contribution in [0.15, 0.2) is 64.4 Å². The van der Waals surface area contributed by atoms with Gasteiger partial charge in [0.15, 0.2) is 0 Å². The number of fused-ring (bicyclic) bond motifs is 2. The Bertz CT molecular complexity index is 1560. The van der Waals surface area contributed by atoms with E-state index in [2.05, 4.69) is 20.5 Å². The lowest BCUT2D eigenvalue weighted by atomic mass is 9.97. The summed E-state index contributed by atoms with van der Waals surface area (Å²) in [7, 11) is 0. The zero-order valence-electron chi connectivity index (χ0n) is 18.7. The lowest BCUT2D eigenvalue weighted by Gasteiger charge is -2.10.